The van der Waals surface area contributed by atoms with Gasteiger partial charge in [0.1, 0.15) is 17.4 Å². The molecule has 0 heterocycles. The Morgan fingerprint density at radius 1 is 1.32 bits per heavy atom. The summed E-state index contributed by atoms with van der Waals surface area (Å²) in [4.78, 5) is 12.4. The minimum Gasteiger partial charge on any atom is -0.497 e. The molecule has 0 spiro atoms. The van der Waals surface area contributed by atoms with E-state index >= 15 is 0 Å². The molecule has 5 nitrogen and oxygen atoms in total. The highest BCUT2D eigenvalue weighted by atomic mass is 16.5. The maximum atomic E-state index is 12.4. The molecule has 0 bridgehead atoms. The van der Waals surface area contributed by atoms with E-state index in [9.17, 15) is 10.1 Å². The summed E-state index contributed by atoms with van der Waals surface area (Å²) < 4.78 is 5.14. The highest BCUT2D eigenvalue weighted by molar-refractivity contribution is 5.97. The smallest absolute Gasteiger partial charge is 0.263 e. The number of hydrogen-bond donors (Lipinski definition) is 2. The third kappa shape index (κ3) is 5.25. The van der Waals surface area contributed by atoms with E-state index in [4.69, 9.17) is 4.74 Å². The van der Waals surface area contributed by atoms with E-state index in [0.717, 1.165) is 17.7 Å². The van der Waals surface area contributed by atoms with Gasteiger partial charge in [-0.15, -0.1) is 0 Å². The third-order valence-corrected chi connectivity index (χ3v) is 4.88. The molecule has 134 valence electrons. The van der Waals surface area contributed by atoms with Crippen molar-refractivity contribution >= 4 is 5.91 Å². The first kappa shape index (κ1) is 18.9. The van der Waals surface area contributed by atoms with E-state index in [2.05, 4.69) is 17.6 Å². The minimum absolute atomic E-state index is 0.109. The molecule has 25 heavy (non-hydrogen) atoms. The first-order valence-electron chi connectivity index (χ1n) is 8.86. The average Bonchev–Trinajstić information content (AvgIpc) is 2.63. The van der Waals surface area contributed by atoms with Gasteiger partial charge in [0.25, 0.3) is 5.91 Å². The van der Waals surface area contributed by atoms with Crippen molar-refractivity contribution < 1.29 is 9.53 Å². The molecule has 2 rings (SSSR count). The first-order valence-corrected chi connectivity index (χ1v) is 8.86. The van der Waals surface area contributed by atoms with Crippen LogP contribution in [0.1, 0.15) is 51.1 Å². The summed E-state index contributed by atoms with van der Waals surface area (Å²) in [5.74, 6) is 0.971. The van der Waals surface area contributed by atoms with Gasteiger partial charge in [-0.3, -0.25) is 4.79 Å². The quantitative estimate of drug-likeness (QED) is 0.614. The van der Waals surface area contributed by atoms with Crippen molar-refractivity contribution in [1.29, 1.82) is 5.26 Å². The predicted molar refractivity (Wildman–Crippen MR) is 97.8 cm³/mol. The fourth-order valence-corrected chi connectivity index (χ4v) is 3.15. The second kappa shape index (κ2) is 9.12. The van der Waals surface area contributed by atoms with E-state index in [-0.39, 0.29) is 17.5 Å². The Morgan fingerprint density at radius 3 is 2.60 bits per heavy atom. The van der Waals surface area contributed by atoms with Gasteiger partial charge < -0.3 is 15.4 Å². The van der Waals surface area contributed by atoms with Crippen LogP contribution in [-0.4, -0.2) is 19.1 Å². The predicted octanol–water partition coefficient (Wildman–Crippen LogP) is 3.45. The van der Waals surface area contributed by atoms with Crippen LogP contribution in [0.3, 0.4) is 0 Å². The zero-order valence-corrected chi connectivity index (χ0v) is 15.2. The number of benzene rings is 1. The van der Waals surface area contributed by atoms with Gasteiger partial charge in [-0.2, -0.15) is 5.26 Å². The summed E-state index contributed by atoms with van der Waals surface area (Å²) in [6.45, 7) is 4.11. The van der Waals surface area contributed by atoms with Crippen molar-refractivity contribution in [2.24, 2.45) is 5.92 Å². The van der Waals surface area contributed by atoms with Gasteiger partial charge in [0.2, 0.25) is 0 Å². The zero-order chi connectivity index (χ0) is 18.2. The summed E-state index contributed by atoms with van der Waals surface area (Å²) in [6.07, 6.45) is 6.30. The lowest BCUT2D eigenvalue weighted by Crippen LogP contribution is -2.35. The normalized spacial score (nSPS) is 21.8. The Kier molecular flexibility index (Phi) is 6.88. The van der Waals surface area contributed by atoms with Gasteiger partial charge in [-0.25, -0.2) is 0 Å². The molecule has 1 aromatic carbocycles. The molecule has 1 aliphatic rings. The minimum atomic E-state index is -0.359. The van der Waals surface area contributed by atoms with Crippen molar-refractivity contribution in [2.75, 3.05) is 7.11 Å². The van der Waals surface area contributed by atoms with Crippen LogP contribution in [0.5, 0.6) is 5.75 Å². The molecule has 1 saturated carbocycles. The molecule has 2 N–H and O–H groups in total. The summed E-state index contributed by atoms with van der Waals surface area (Å²) in [6, 6.07) is 9.66. The second-order valence-electron chi connectivity index (χ2n) is 6.67. The molecule has 0 aromatic heterocycles. The van der Waals surface area contributed by atoms with Gasteiger partial charge in [0.05, 0.1) is 13.2 Å². The van der Waals surface area contributed by atoms with Crippen LogP contribution in [0.4, 0.5) is 0 Å². The van der Waals surface area contributed by atoms with Crippen molar-refractivity contribution in [2.45, 2.75) is 51.6 Å². The number of amides is 1. The number of methoxy groups -OCH3 is 1. The zero-order valence-electron chi connectivity index (χ0n) is 15.2. The molecule has 1 aromatic rings. The number of nitrogens with zero attached hydrogens (tertiary/aromatic N) is 1. The van der Waals surface area contributed by atoms with E-state index in [1.54, 1.807) is 13.3 Å². The molecule has 1 fully saturated rings. The molecular formula is C20H27N3O2. The third-order valence-electron chi connectivity index (χ3n) is 4.88. The summed E-state index contributed by atoms with van der Waals surface area (Å²) in [5.41, 5.74) is 1.07. The van der Waals surface area contributed by atoms with E-state index < -0.39 is 0 Å². The number of hydrogen-bond acceptors (Lipinski definition) is 4. The van der Waals surface area contributed by atoms with Crippen molar-refractivity contribution in [3.63, 3.8) is 0 Å². The summed E-state index contributed by atoms with van der Waals surface area (Å²) >= 11 is 0. The number of nitrogens with one attached hydrogen (secondary N) is 2. The SMILES string of the molecule is COc1ccc(C(C)NC(=O)/C(C#N)=C\NC2CCCCC2C)cc1. The Hall–Kier alpha value is -2.48. The molecule has 1 amide bonds. The monoisotopic (exact) mass is 341 g/mol. The van der Waals surface area contributed by atoms with Crippen LogP contribution in [0, 0.1) is 17.2 Å². The lowest BCUT2D eigenvalue weighted by Gasteiger charge is -2.29. The molecule has 1 aliphatic carbocycles. The van der Waals surface area contributed by atoms with Crippen molar-refractivity contribution in [3.05, 3.63) is 41.6 Å². The molecule has 5 heteroatoms. The molecule has 0 saturated heterocycles. The largest absolute Gasteiger partial charge is 0.497 e. The first-order chi connectivity index (χ1) is 12.0. The van der Waals surface area contributed by atoms with Crippen molar-refractivity contribution in [3.8, 4) is 11.8 Å². The number of ether oxygens (including phenoxy) is 1. The fraction of sp³-hybridized carbons (Fsp3) is 0.500. The fourth-order valence-electron chi connectivity index (χ4n) is 3.15. The Labute approximate surface area is 150 Å². The average molecular weight is 341 g/mol. The Balaban J connectivity index is 1.96. The maximum Gasteiger partial charge on any atom is 0.263 e. The van der Waals surface area contributed by atoms with Crippen LogP contribution < -0.4 is 15.4 Å². The molecular weight excluding hydrogens is 314 g/mol. The summed E-state index contributed by atoms with van der Waals surface area (Å²) in [7, 11) is 1.62. The van der Waals surface area contributed by atoms with Gasteiger partial charge in [0, 0.05) is 12.2 Å². The van der Waals surface area contributed by atoms with E-state index in [1.165, 1.54) is 19.3 Å². The standard InChI is InChI=1S/C20H27N3O2/c1-14-6-4-5-7-19(14)22-13-17(12-21)20(24)23-15(2)16-8-10-18(25-3)11-9-16/h8-11,13-15,19,22H,4-7H2,1-3H3,(H,23,24)/b17-13-. The van der Waals surface area contributed by atoms with Crippen LogP contribution in [0.25, 0.3) is 0 Å². The second-order valence-corrected chi connectivity index (χ2v) is 6.67. The van der Waals surface area contributed by atoms with Gasteiger partial charge in [-0.1, -0.05) is 31.9 Å². The van der Waals surface area contributed by atoms with Crippen LogP contribution in [-0.2, 0) is 4.79 Å². The van der Waals surface area contributed by atoms with Crippen LogP contribution in [0.2, 0.25) is 0 Å². The number of rotatable bonds is 6. The highest BCUT2D eigenvalue weighted by Crippen LogP contribution is 2.23. The van der Waals surface area contributed by atoms with Crippen LogP contribution >= 0.6 is 0 Å². The van der Waals surface area contributed by atoms with Crippen LogP contribution in [0.15, 0.2) is 36.0 Å². The van der Waals surface area contributed by atoms with E-state index in [0.29, 0.717) is 12.0 Å². The van der Waals surface area contributed by atoms with E-state index in [1.807, 2.05) is 37.3 Å². The maximum absolute atomic E-state index is 12.4. The topological polar surface area (TPSA) is 74.1 Å². The number of carbonyl (C=O) groups is 1. The lowest BCUT2D eigenvalue weighted by molar-refractivity contribution is -0.117. The Morgan fingerprint density at radius 2 is 2.00 bits per heavy atom. The van der Waals surface area contributed by atoms with Gasteiger partial charge in [-0.05, 0) is 43.4 Å². The molecule has 3 unspecified atom stereocenters. The lowest BCUT2D eigenvalue weighted by atomic mass is 9.86. The van der Waals surface area contributed by atoms with Gasteiger partial charge >= 0.3 is 0 Å². The Bertz CT molecular complexity index is 646. The molecule has 3 atom stereocenters. The summed E-state index contributed by atoms with van der Waals surface area (Å²) in [5, 5.41) is 15.5. The van der Waals surface area contributed by atoms with Crippen molar-refractivity contribution in [1.82, 2.24) is 10.6 Å². The number of nitriles is 1. The highest BCUT2D eigenvalue weighted by Gasteiger charge is 2.21. The molecule has 0 radical (unpaired) electrons. The molecule has 0 aliphatic heterocycles. The number of carbonyl (C=O) groups excluding carboxylic acids is 1. The van der Waals surface area contributed by atoms with Gasteiger partial charge in [0.15, 0.2) is 0 Å².